The molecule has 2 aliphatic rings. The Bertz CT molecular complexity index is 1610. The van der Waals surface area contributed by atoms with Crippen molar-refractivity contribution in [3.63, 3.8) is 0 Å². The highest BCUT2D eigenvalue weighted by Crippen LogP contribution is 2.43. The number of hydrogen-bond donors (Lipinski definition) is 1. The van der Waals surface area contributed by atoms with E-state index in [0.29, 0.717) is 24.4 Å². The largest absolute Gasteiger partial charge is 0.489 e. The number of nitrogens with two attached hydrogens (primary N) is 1. The quantitative estimate of drug-likeness (QED) is 0.278. The number of ether oxygens (including phenoxy) is 1. The Labute approximate surface area is 240 Å². The molecule has 1 aliphatic carbocycles. The zero-order chi connectivity index (χ0) is 27.6. The van der Waals surface area contributed by atoms with Gasteiger partial charge in [0.05, 0.1) is 5.39 Å². The molecule has 0 unspecified atom stereocenters. The highest BCUT2D eigenvalue weighted by atomic mass is 16.5. The van der Waals surface area contributed by atoms with Gasteiger partial charge in [-0.25, -0.2) is 15.0 Å². The van der Waals surface area contributed by atoms with Crippen molar-refractivity contribution >= 4 is 22.7 Å². The summed E-state index contributed by atoms with van der Waals surface area (Å²) in [7, 11) is 0. The van der Waals surface area contributed by atoms with Crippen LogP contribution in [0.25, 0.3) is 22.2 Å². The average molecular weight is 546 g/mol. The molecule has 1 saturated heterocycles. The molecule has 0 bridgehead atoms. The molecule has 0 atom stereocenters. The van der Waals surface area contributed by atoms with Gasteiger partial charge in [-0.2, -0.15) is 0 Å². The minimum atomic E-state index is 0.415. The number of hydrogen-bond acceptors (Lipinski definition) is 7. The molecular weight excluding hydrogens is 510 g/mol. The number of nitrogen functional groups attached to an aromatic ring is 1. The maximum absolute atomic E-state index is 6.43. The van der Waals surface area contributed by atoms with Gasteiger partial charge in [-0.3, -0.25) is 4.90 Å². The van der Waals surface area contributed by atoms with Crippen LogP contribution in [-0.4, -0.2) is 57.1 Å². The third-order valence-electron chi connectivity index (χ3n) is 8.50. The molecule has 2 aromatic carbocycles. The van der Waals surface area contributed by atoms with Gasteiger partial charge in [0.25, 0.3) is 0 Å². The number of pyridine rings is 1. The monoisotopic (exact) mass is 545 g/mol. The number of piperazine rings is 1. The normalized spacial score (nSPS) is 19.3. The molecule has 5 aromatic rings. The lowest BCUT2D eigenvalue weighted by atomic mass is 9.79. The number of rotatable bonds is 8. The van der Waals surface area contributed by atoms with Crippen molar-refractivity contribution in [2.24, 2.45) is 5.92 Å². The van der Waals surface area contributed by atoms with E-state index >= 15 is 0 Å². The van der Waals surface area contributed by atoms with Gasteiger partial charge >= 0.3 is 0 Å². The van der Waals surface area contributed by atoms with Crippen LogP contribution < -0.4 is 15.4 Å². The van der Waals surface area contributed by atoms with Crippen molar-refractivity contribution in [2.75, 3.05) is 43.4 Å². The summed E-state index contributed by atoms with van der Waals surface area (Å²) in [5.74, 6) is 3.12. The highest BCUT2D eigenvalue weighted by Gasteiger charge is 2.34. The lowest BCUT2D eigenvalue weighted by molar-refractivity contribution is 0.126. The summed E-state index contributed by atoms with van der Waals surface area (Å²) < 4.78 is 8.45. The van der Waals surface area contributed by atoms with Crippen molar-refractivity contribution in [1.82, 2.24) is 24.4 Å². The van der Waals surface area contributed by atoms with E-state index < -0.39 is 0 Å². The Morgan fingerprint density at radius 1 is 0.854 bits per heavy atom. The lowest BCUT2D eigenvalue weighted by Crippen LogP contribution is -2.49. The molecule has 208 valence electrons. The van der Waals surface area contributed by atoms with E-state index in [4.69, 9.17) is 10.5 Å². The zero-order valence-corrected chi connectivity index (χ0v) is 23.1. The van der Waals surface area contributed by atoms with Gasteiger partial charge in [-0.05, 0) is 54.2 Å². The van der Waals surface area contributed by atoms with Crippen molar-refractivity contribution in [1.29, 1.82) is 0 Å². The molecule has 2 fully saturated rings. The highest BCUT2D eigenvalue weighted by molar-refractivity contribution is 6.00. The van der Waals surface area contributed by atoms with Crippen molar-refractivity contribution in [3.05, 3.63) is 97.1 Å². The first kappa shape index (κ1) is 25.5. The van der Waals surface area contributed by atoms with Gasteiger partial charge in [-0.1, -0.05) is 48.5 Å². The van der Waals surface area contributed by atoms with Gasteiger partial charge in [0.2, 0.25) is 0 Å². The van der Waals surface area contributed by atoms with Crippen molar-refractivity contribution < 1.29 is 4.74 Å². The van der Waals surface area contributed by atoms with Gasteiger partial charge in [0.1, 0.15) is 36.0 Å². The van der Waals surface area contributed by atoms with Gasteiger partial charge in [0, 0.05) is 56.7 Å². The summed E-state index contributed by atoms with van der Waals surface area (Å²) in [6.45, 7) is 5.91. The second kappa shape index (κ2) is 11.2. The zero-order valence-electron chi connectivity index (χ0n) is 23.1. The smallest absolute Gasteiger partial charge is 0.146 e. The predicted octanol–water partition coefficient (Wildman–Crippen LogP) is 5.43. The summed E-state index contributed by atoms with van der Waals surface area (Å²) in [5, 5.41) is 0.918. The number of aromatic nitrogens is 4. The first-order valence-corrected chi connectivity index (χ1v) is 14.5. The fourth-order valence-corrected chi connectivity index (χ4v) is 6.24. The van der Waals surface area contributed by atoms with Gasteiger partial charge in [0.15, 0.2) is 0 Å². The Hall–Kier alpha value is -4.43. The first-order valence-electron chi connectivity index (χ1n) is 14.5. The molecule has 7 rings (SSSR count). The first-order chi connectivity index (χ1) is 20.2. The maximum atomic E-state index is 6.43. The maximum Gasteiger partial charge on any atom is 0.146 e. The molecule has 2 N–H and O–H groups in total. The summed E-state index contributed by atoms with van der Waals surface area (Å²) >= 11 is 0. The van der Waals surface area contributed by atoms with Crippen LogP contribution in [-0.2, 0) is 6.61 Å². The molecule has 0 spiro atoms. The molecule has 3 aromatic heterocycles. The predicted molar refractivity (Wildman–Crippen MR) is 163 cm³/mol. The van der Waals surface area contributed by atoms with Crippen LogP contribution in [0.2, 0.25) is 0 Å². The number of benzene rings is 2. The van der Waals surface area contributed by atoms with Crippen molar-refractivity contribution in [3.8, 4) is 16.9 Å². The van der Waals surface area contributed by atoms with Crippen LogP contribution >= 0.6 is 0 Å². The number of nitrogens with zero attached hydrogens (tertiary/aromatic N) is 6. The molecule has 8 heteroatoms. The van der Waals surface area contributed by atoms with E-state index in [0.717, 1.165) is 84.9 Å². The Morgan fingerprint density at radius 2 is 1.68 bits per heavy atom. The number of anilines is 2. The third kappa shape index (κ3) is 5.35. The fraction of sp³-hybridized carbons (Fsp3) is 0.303. The molecule has 8 nitrogen and oxygen atoms in total. The standard InChI is InChI=1S/C33H35N7O/c34-32-31-29(26-9-6-10-28(19-26)41-22-24-7-2-1-3-8-24)21-40(33(31)37-23-36-32)27-17-25(18-27)20-38-13-15-39(16-14-38)30-11-4-5-12-35-30/h1-12,19,21,23,25,27H,13-18,20,22H2,(H2,34,36,37)/t25-,27-. The fourth-order valence-electron chi connectivity index (χ4n) is 6.24. The van der Waals surface area contributed by atoms with E-state index in [1.54, 1.807) is 6.33 Å². The number of fused-ring (bicyclic) bond motifs is 1. The second-order valence-corrected chi connectivity index (χ2v) is 11.2. The molecular formula is C33H35N7O. The molecule has 0 amide bonds. The minimum Gasteiger partial charge on any atom is -0.489 e. The van der Waals surface area contributed by atoms with Crippen molar-refractivity contribution in [2.45, 2.75) is 25.5 Å². The van der Waals surface area contributed by atoms with E-state index in [9.17, 15) is 0 Å². The summed E-state index contributed by atoms with van der Waals surface area (Å²) in [6.07, 6.45) is 7.97. The van der Waals surface area contributed by atoms with Crippen LogP contribution in [0.5, 0.6) is 5.75 Å². The average Bonchev–Trinajstić information content (AvgIpc) is 3.40. The topological polar surface area (TPSA) is 85.3 Å². The van der Waals surface area contributed by atoms with Gasteiger partial charge < -0.3 is 19.9 Å². The third-order valence-corrected chi connectivity index (χ3v) is 8.50. The van der Waals surface area contributed by atoms with Crippen LogP contribution in [0.1, 0.15) is 24.4 Å². The minimum absolute atomic E-state index is 0.415. The molecule has 41 heavy (non-hydrogen) atoms. The van der Waals surface area contributed by atoms with Crippen LogP contribution in [0.15, 0.2) is 91.5 Å². The second-order valence-electron chi connectivity index (χ2n) is 11.2. The summed E-state index contributed by atoms with van der Waals surface area (Å²) in [5.41, 5.74) is 10.6. The lowest BCUT2D eigenvalue weighted by Gasteiger charge is -2.42. The molecule has 0 radical (unpaired) electrons. The van der Waals surface area contributed by atoms with E-state index in [2.05, 4.69) is 71.9 Å². The van der Waals surface area contributed by atoms with Crippen LogP contribution in [0, 0.1) is 5.92 Å². The molecule has 1 aliphatic heterocycles. The summed E-state index contributed by atoms with van der Waals surface area (Å²) in [4.78, 5) is 18.5. The Balaban J connectivity index is 1.03. The molecule has 1 saturated carbocycles. The molecule has 4 heterocycles. The van der Waals surface area contributed by atoms with E-state index in [-0.39, 0.29) is 0 Å². The van der Waals surface area contributed by atoms with Crippen LogP contribution in [0.3, 0.4) is 0 Å². The Morgan fingerprint density at radius 3 is 2.49 bits per heavy atom. The SMILES string of the molecule is Nc1ncnc2c1c(-c1cccc(OCc3ccccc3)c1)cn2[C@H]1C[C@H](CN2CCN(c3ccccn3)CC2)C1. The Kier molecular flexibility index (Phi) is 6.98. The van der Waals surface area contributed by atoms with Crippen LogP contribution in [0.4, 0.5) is 11.6 Å². The van der Waals surface area contributed by atoms with E-state index in [1.807, 2.05) is 42.6 Å². The van der Waals surface area contributed by atoms with Gasteiger partial charge in [-0.15, -0.1) is 0 Å². The van der Waals surface area contributed by atoms with E-state index in [1.165, 1.54) is 0 Å². The summed E-state index contributed by atoms with van der Waals surface area (Å²) in [6, 6.07) is 25.0.